The zero-order valence-corrected chi connectivity index (χ0v) is 20.4. The van der Waals surface area contributed by atoms with E-state index in [-0.39, 0.29) is 35.4 Å². The van der Waals surface area contributed by atoms with Gasteiger partial charge >= 0.3 is 0 Å². The average Bonchev–Trinajstić information content (AvgIpc) is 3.24. The number of piperidine rings is 1. The van der Waals surface area contributed by atoms with Gasteiger partial charge in [0.1, 0.15) is 11.6 Å². The minimum Gasteiger partial charge on any atom is -0.352 e. The molecule has 2 saturated heterocycles. The lowest BCUT2D eigenvalue weighted by molar-refractivity contribution is -0.127. The van der Waals surface area contributed by atoms with Crippen LogP contribution in [-0.2, 0) is 11.2 Å². The maximum Gasteiger partial charge on any atom is 0.223 e. The lowest BCUT2D eigenvalue weighted by atomic mass is 9.74. The van der Waals surface area contributed by atoms with E-state index >= 15 is 0 Å². The second-order valence-corrected chi connectivity index (χ2v) is 10.7. The van der Waals surface area contributed by atoms with E-state index in [4.69, 9.17) is 0 Å². The summed E-state index contributed by atoms with van der Waals surface area (Å²) in [6.07, 6.45) is 5.55. The van der Waals surface area contributed by atoms with Crippen LogP contribution in [0.4, 0.5) is 8.78 Å². The van der Waals surface area contributed by atoms with E-state index < -0.39 is 11.6 Å². The number of pyridine rings is 1. The van der Waals surface area contributed by atoms with Gasteiger partial charge in [-0.1, -0.05) is 6.07 Å². The van der Waals surface area contributed by atoms with Crippen molar-refractivity contribution < 1.29 is 13.6 Å². The molecule has 0 bridgehead atoms. The molecule has 0 radical (unpaired) electrons. The number of nitrogens with one attached hydrogen (secondary N) is 3. The summed E-state index contributed by atoms with van der Waals surface area (Å²) in [5.74, 6) is -0.480. The third-order valence-electron chi connectivity index (χ3n) is 8.02. The van der Waals surface area contributed by atoms with Gasteiger partial charge in [0, 0.05) is 48.5 Å². The Morgan fingerprint density at radius 1 is 1.14 bits per heavy atom. The van der Waals surface area contributed by atoms with Crippen LogP contribution in [0.25, 0.3) is 0 Å². The number of amides is 1. The number of hydrogen-bond donors (Lipinski definition) is 3. The van der Waals surface area contributed by atoms with Gasteiger partial charge in [-0.15, -0.1) is 0 Å². The van der Waals surface area contributed by atoms with Crippen LogP contribution in [0.5, 0.6) is 0 Å². The van der Waals surface area contributed by atoms with E-state index in [2.05, 4.69) is 38.2 Å². The number of rotatable bonds is 5. The van der Waals surface area contributed by atoms with Gasteiger partial charge in [-0.3, -0.25) is 15.2 Å². The van der Waals surface area contributed by atoms with E-state index in [1.54, 1.807) is 0 Å². The number of likely N-dealkylation sites (tertiary alicyclic amines) is 1. The van der Waals surface area contributed by atoms with Crippen LogP contribution in [0.3, 0.4) is 0 Å². The minimum absolute atomic E-state index is 0.0164. The van der Waals surface area contributed by atoms with Crippen LogP contribution < -0.4 is 16.2 Å². The SMILES string of the molecule is Cc1cc(C2NNC3CCC(C(=O)NC4CC(Cc5c(F)cccc5F)CN(C)C4)CC32)ccn1. The first-order chi connectivity index (χ1) is 16.9. The third kappa shape index (κ3) is 5.39. The van der Waals surface area contributed by atoms with Crippen molar-refractivity contribution >= 4 is 5.91 Å². The van der Waals surface area contributed by atoms with Gasteiger partial charge < -0.3 is 10.2 Å². The summed E-state index contributed by atoms with van der Waals surface area (Å²) in [6, 6.07) is 8.70. The van der Waals surface area contributed by atoms with Crippen molar-refractivity contribution in [3.05, 3.63) is 65.0 Å². The summed E-state index contributed by atoms with van der Waals surface area (Å²) < 4.78 is 28.4. The maximum absolute atomic E-state index is 14.2. The molecular formula is C27H35F2N5O. The van der Waals surface area contributed by atoms with E-state index in [9.17, 15) is 13.6 Å². The highest BCUT2D eigenvalue weighted by Gasteiger charge is 2.43. The number of carbonyl (C=O) groups excluding carboxylic acids is 1. The third-order valence-corrected chi connectivity index (χ3v) is 8.02. The molecule has 0 spiro atoms. The summed E-state index contributed by atoms with van der Waals surface area (Å²) in [5.41, 5.74) is 9.23. The summed E-state index contributed by atoms with van der Waals surface area (Å²) in [6.45, 7) is 3.51. The molecule has 3 aliphatic rings. The molecular weight excluding hydrogens is 448 g/mol. The predicted octanol–water partition coefficient (Wildman–Crippen LogP) is 3.28. The Kier molecular flexibility index (Phi) is 7.14. The Labute approximate surface area is 205 Å². The summed E-state index contributed by atoms with van der Waals surface area (Å²) in [7, 11) is 2.01. The van der Waals surface area contributed by atoms with Gasteiger partial charge in [-0.2, -0.15) is 0 Å². The molecule has 2 aliphatic heterocycles. The summed E-state index contributed by atoms with van der Waals surface area (Å²) in [5, 5.41) is 3.29. The molecule has 6 unspecified atom stereocenters. The number of hydrazine groups is 1. The van der Waals surface area contributed by atoms with E-state index in [1.165, 1.54) is 23.8 Å². The molecule has 1 saturated carbocycles. The van der Waals surface area contributed by atoms with Crippen molar-refractivity contribution in [1.29, 1.82) is 0 Å². The monoisotopic (exact) mass is 483 g/mol. The smallest absolute Gasteiger partial charge is 0.223 e. The molecule has 188 valence electrons. The largest absolute Gasteiger partial charge is 0.352 e. The predicted molar refractivity (Wildman–Crippen MR) is 130 cm³/mol. The van der Waals surface area contributed by atoms with Crippen LogP contribution in [-0.4, -0.2) is 48.0 Å². The number of aryl methyl sites for hydroxylation is 1. The van der Waals surface area contributed by atoms with Gasteiger partial charge in [0.15, 0.2) is 0 Å². The normalized spacial score (nSPS) is 31.2. The molecule has 35 heavy (non-hydrogen) atoms. The van der Waals surface area contributed by atoms with Gasteiger partial charge in [0.05, 0.1) is 6.04 Å². The molecule has 1 aromatic heterocycles. The number of benzene rings is 1. The molecule has 3 fully saturated rings. The zero-order valence-electron chi connectivity index (χ0n) is 20.4. The van der Waals surface area contributed by atoms with Crippen LogP contribution in [0.15, 0.2) is 36.5 Å². The van der Waals surface area contributed by atoms with Gasteiger partial charge in [-0.05, 0) is 87.7 Å². The number of fused-ring (bicyclic) bond motifs is 1. The number of halogens is 2. The first-order valence-electron chi connectivity index (χ1n) is 12.7. The lowest BCUT2D eigenvalue weighted by Gasteiger charge is -2.38. The number of nitrogens with zero attached hydrogens (tertiary/aromatic N) is 2. The maximum atomic E-state index is 14.2. The summed E-state index contributed by atoms with van der Waals surface area (Å²) >= 11 is 0. The Morgan fingerprint density at radius 3 is 2.71 bits per heavy atom. The van der Waals surface area contributed by atoms with Crippen molar-refractivity contribution in [1.82, 2.24) is 26.1 Å². The molecule has 2 aromatic rings. The highest BCUT2D eigenvalue weighted by atomic mass is 19.1. The standard InChI is InChI=1S/C27H35F2N5O/c1-16-10-18(8-9-30-16)26-22-13-19(6-7-25(22)32-33-26)27(35)31-20-11-17(14-34(2)15-20)12-21-23(28)4-3-5-24(21)29/h3-5,8-10,17,19-20,22,25-26,32-33H,6-7,11-15H2,1-2H3,(H,31,35). The molecule has 1 aromatic carbocycles. The molecule has 3 heterocycles. The van der Waals surface area contributed by atoms with Gasteiger partial charge in [0.2, 0.25) is 5.91 Å². The molecule has 1 amide bonds. The Hall–Kier alpha value is -2.42. The van der Waals surface area contributed by atoms with E-state index in [1.807, 2.05) is 20.2 Å². The highest BCUT2D eigenvalue weighted by molar-refractivity contribution is 5.79. The second kappa shape index (κ2) is 10.3. The Morgan fingerprint density at radius 2 is 1.94 bits per heavy atom. The molecule has 6 atom stereocenters. The van der Waals surface area contributed by atoms with Crippen molar-refractivity contribution in [2.75, 3.05) is 20.1 Å². The zero-order chi connectivity index (χ0) is 24.5. The highest BCUT2D eigenvalue weighted by Crippen LogP contribution is 2.40. The molecule has 8 heteroatoms. The average molecular weight is 484 g/mol. The van der Waals surface area contributed by atoms with E-state index in [0.717, 1.165) is 44.5 Å². The fraction of sp³-hybridized carbons (Fsp3) is 0.556. The van der Waals surface area contributed by atoms with Crippen LogP contribution >= 0.6 is 0 Å². The van der Waals surface area contributed by atoms with Crippen molar-refractivity contribution in [2.45, 2.75) is 57.2 Å². The van der Waals surface area contributed by atoms with Crippen molar-refractivity contribution in [2.24, 2.45) is 17.8 Å². The first kappa shape index (κ1) is 24.3. The number of aromatic nitrogens is 1. The minimum atomic E-state index is -0.492. The van der Waals surface area contributed by atoms with Crippen LogP contribution in [0.2, 0.25) is 0 Å². The molecule has 5 rings (SSSR count). The fourth-order valence-corrected chi connectivity index (χ4v) is 6.42. The molecule has 6 nitrogen and oxygen atoms in total. The van der Waals surface area contributed by atoms with Crippen molar-refractivity contribution in [3.8, 4) is 0 Å². The van der Waals surface area contributed by atoms with Crippen LogP contribution in [0, 0.1) is 36.3 Å². The lowest BCUT2D eigenvalue weighted by Crippen LogP contribution is -2.52. The van der Waals surface area contributed by atoms with Gasteiger partial charge in [-0.25, -0.2) is 14.2 Å². The molecule has 3 N–H and O–H groups in total. The summed E-state index contributed by atoms with van der Waals surface area (Å²) in [4.78, 5) is 19.8. The van der Waals surface area contributed by atoms with E-state index in [0.29, 0.717) is 18.4 Å². The number of hydrogen-bond acceptors (Lipinski definition) is 5. The topological polar surface area (TPSA) is 69.3 Å². The fourth-order valence-electron chi connectivity index (χ4n) is 6.42. The quantitative estimate of drug-likeness (QED) is 0.609. The van der Waals surface area contributed by atoms with Gasteiger partial charge in [0.25, 0.3) is 0 Å². The van der Waals surface area contributed by atoms with Crippen molar-refractivity contribution in [3.63, 3.8) is 0 Å². The first-order valence-corrected chi connectivity index (χ1v) is 12.7. The Balaban J connectivity index is 1.21. The van der Waals surface area contributed by atoms with Crippen LogP contribution in [0.1, 0.15) is 48.5 Å². The second-order valence-electron chi connectivity index (χ2n) is 10.7. The molecule has 1 aliphatic carbocycles. The Bertz CT molecular complexity index is 1050. The number of likely N-dealkylation sites (N-methyl/N-ethyl adjacent to an activating group) is 1. The number of carbonyl (C=O) groups is 1.